The van der Waals surface area contributed by atoms with Crippen molar-refractivity contribution in [1.82, 2.24) is 15.2 Å². The van der Waals surface area contributed by atoms with Gasteiger partial charge in [0.1, 0.15) is 0 Å². The van der Waals surface area contributed by atoms with Crippen molar-refractivity contribution < 1.29 is 0 Å². The van der Waals surface area contributed by atoms with Crippen LogP contribution in [0.5, 0.6) is 0 Å². The van der Waals surface area contributed by atoms with E-state index in [1.165, 1.54) is 44.1 Å². The van der Waals surface area contributed by atoms with Gasteiger partial charge in [-0.3, -0.25) is 16.0 Å². The van der Waals surface area contributed by atoms with Gasteiger partial charge in [0, 0.05) is 19.3 Å². The Morgan fingerprint density at radius 1 is 1.39 bits per heavy atom. The summed E-state index contributed by atoms with van der Waals surface area (Å²) in [6, 6.07) is 0.461. The fourth-order valence-corrected chi connectivity index (χ4v) is 3.09. The highest BCUT2D eigenvalue weighted by Crippen LogP contribution is 2.27. The van der Waals surface area contributed by atoms with Crippen molar-refractivity contribution in [3.05, 3.63) is 18.0 Å². The van der Waals surface area contributed by atoms with E-state index in [1.807, 2.05) is 17.9 Å². The van der Waals surface area contributed by atoms with E-state index in [-0.39, 0.29) is 0 Å². The summed E-state index contributed by atoms with van der Waals surface area (Å²) in [6.07, 6.45) is 14.5. The predicted molar refractivity (Wildman–Crippen MR) is 73.8 cm³/mol. The molecule has 0 aromatic carbocycles. The lowest BCUT2D eigenvalue weighted by Gasteiger charge is -2.25. The Morgan fingerprint density at radius 2 is 2.11 bits per heavy atom. The van der Waals surface area contributed by atoms with E-state index >= 15 is 0 Å². The molecule has 1 heterocycles. The second-order valence-corrected chi connectivity index (χ2v) is 5.59. The highest BCUT2D eigenvalue weighted by Gasteiger charge is 2.21. The molecular weight excluding hydrogens is 224 g/mol. The van der Waals surface area contributed by atoms with Crippen LogP contribution in [0.15, 0.2) is 12.4 Å². The Bertz CT molecular complexity index is 339. The maximum absolute atomic E-state index is 5.75. The molecular formula is C14H26N4. The van der Waals surface area contributed by atoms with Gasteiger partial charge in [-0.15, -0.1) is 0 Å². The first-order valence-electron chi connectivity index (χ1n) is 7.23. The molecule has 4 nitrogen and oxygen atoms in total. The summed E-state index contributed by atoms with van der Waals surface area (Å²) in [7, 11) is 1.97. The lowest BCUT2D eigenvalue weighted by molar-refractivity contribution is 0.307. The van der Waals surface area contributed by atoms with Gasteiger partial charge >= 0.3 is 0 Å². The average molecular weight is 250 g/mol. The Labute approximate surface area is 110 Å². The molecule has 1 unspecified atom stereocenters. The fourth-order valence-electron chi connectivity index (χ4n) is 3.09. The van der Waals surface area contributed by atoms with E-state index in [4.69, 9.17) is 5.84 Å². The summed E-state index contributed by atoms with van der Waals surface area (Å²) in [5.74, 6) is 6.51. The van der Waals surface area contributed by atoms with Crippen molar-refractivity contribution in [3.63, 3.8) is 0 Å². The predicted octanol–water partition coefficient (Wildman–Crippen LogP) is 2.15. The molecule has 0 amide bonds. The monoisotopic (exact) mass is 250 g/mol. The van der Waals surface area contributed by atoms with Crippen LogP contribution in [-0.2, 0) is 13.5 Å². The zero-order valence-corrected chi connectivity index (χ0v) is 11.4. The Morgan fingerprint density at radius 3 is 2.67 bits per heavy atom. The maximum atomic E-state index is 5.75. The highest BCUT2D eigenvalue weighted by atomic mass is 15.2. The van der Waals surface area contributed by atoms with E-state index in [0.29, 0.717) is 6.04 Å². The molecule has 1 aromatic heterocycles. The Balaban J connectivity index is 1.84. The molecule has 4 heteroatoms. The fraction of sp³-hybridized carbons (Fsp3) is 0.786. The molecule has 2 rings (SSSR count). The average Bonchev–Trinajstić information content (AvgIpc) is 2.64. The summed E-state index contributed by atoms with van der Waals surface area (Å²) in [4.78, 5) is 0. The summed E-state index contributed by atoms with van der Waals surface area (Å²) in [5.41, 5.74) is 4.36. The normalized spacial score (nSPS) is 19.7. The standard InChI is InChI=1S/C14H26N4/c1-18-11-12(10-16-18)8-9-14(17-15)13-6-4-2-3-5-7-13/h10-11,13-14,17H,2-9,15H2,1H3. The van der Waals surface area contributed by atoms with Crippen LogP contribution < -0.4 is 11.3 Å². The number of hydrogen-bond donors (Lipinski definition) is 2. The van der Waals surface area contributed by atoms with E-state index < -0.39 is 0 Å². The van der Waals surface area contributed by atoms with Crippen molar-refractivity contribution in [2.75, 3.05) is 0 Å². The molecule has 1 fully saturated rings. The smallest absolute Gasteiger partial charge is 0.0521 e. The zero-order chi connectivity index (χ0) is 12.8. The van der Waals surface area contributed by atoms with Gasteiger partial charge in [0.2, 0.25) is 0 Å². The lowest BCUT2D eigenvalue weighted by Crippen LogP contribution is -2.41. The number of nitrogens with zero attached hydrogens (tertiary/aromatic N) is 2. The number of aryl methyl sites for hydroxylation is 2. The second-order valence-electron chi connectivity index (χ2n) is 5.59. The van der Waals surface area contributed by atoms with Gasteiger partial charge in [0.15, 0.2) is 0 Å². The molecule has 0 saturated heterocycles. The van der Waals surface area contributed by atoms with Crippen LogP contribution in [0.3, 0.4) is 0 Å². The van der Waals surface area contributed by atoms with Crippen LogP contribution in [0.4, 0.5) is 0 Å². The SMILES string of the molecule is Cn1cc(CCC(NN)C2CCCCCC2)cn1. The molecule has 0 bridgehead atoms. The number of rotatable bonds is 5. The Kier molecular flexibility index (Phi) is 5.20. The summed E-state index contributed by atoms with van der Waals surface area (Å²) < 4.78 is 1.87. The molecule has 0 aliphatic heterocycles. The second kappa shape index (κ2) is 6.90. The van der Waals surface area contributed by atoms with Crippen molar-refractivity contribution in [3.8, 4) is 0 Å². The van der Waals surface area contributed by atoms with Gasteiger partial charge in [0.05, 0.1) is 6.20 Å². The van der Waals surface area contributed by atoms with Gasteiger partial charge in [-0.25, -0.2) is 0 Å². The van der Waals surface area contributed by atoms with Crippen LogP contribution >= 0.6 is 0 Å². The minimum Gasteiger partial charge on any atom is -0.276 e. The van der Waals surface area contributed by atoms with Crippen molar-refractivity contribution >= 4 is 0 Å². The van der Waals surface area contributed by atoms with Crippen LogP contribution in [0.1, 0.15) is 50.5 Å². The molecule has 18 heavy (non-hydrogen) atoms. The van der Waals surface area contributed by atoms with Crippen molar-refractivity contribution in [2.24, 2.45) is 18.8 Å². The first kappa shape index (κ1) is 13.6. The van der Waals surface area contributed by atoms with Gasteiger partial charge < -0.3 is 0 Å². The maximum Gasteiger partial charge on any atom is 0.0521 e. The van der Waals surface area contributed by atoms with Gasteiger partial charge in [-0.05, 0) is 37.2 Å². The largest absolute Gasteiger partial charge is 0.276 e. The van der Waals surface area contributed by atoms with Crippen LogP contribution in [0, 0.1) is 5.92 Å². The molecule has 1 aliphatic carbocycles. The number of hydrogen-bond acceptors (Lipinski definition) is 3. The minimum absolute atomic E-state index is 0.461. The summed E-state index contributed by atoms with van der Waals surface area (Å²) >= 11 is 0. The number of hydrazine groups is 1. The highest BCUT2D eigenvalue weighted by molar-refractivity contribution is 5.04. The summed E-state index contributed by atoms with van der Waals surface area (Å²) in [6.45, 7) is 0. The molecule has 1 saturated carbocycles. The van der Waals surface area contributed by atoms with Gasteiger partial charge in [-0.1, -0.05) is 25.7 Å². The number of aromatic nitrogens is 2. The third kappa shape index (κ3) is 3.82. The topological polar surface area (TPSA) is 55.9 Å². The molecule has 3 N–H and O–H groups in total. The van der Waals surface area contributed by atoms with Gasteiger partial charge in [0.25, 0.3) is 0 Å². The quantitative estimate of drug-likeness (QED) is 0.478. The van der Waals surface area contributed by atoms with E-state index in [1.54, 1.807) is 0 Å². The third-order valence-corrected chi connectivity index (χ3v) is 4.19. The number of nitrogens with two attached hydrogens (primary N) is 1. The third-order valence-electron chi connectivity index (χ3n) is 4.19. The molecule has 1 aliphatic rings. The van der Waals surface area contributed by atoms with Crippen LogP contribution in [-0.4, -0.2) is 15.8 Å². The minimum atomic E-state index is 0.461. The van der Waals surface area contributed by atoms with E-state index in [2.05, 4.69) is 16.7 Å². The molecule has 1 aromatic rings. The van der Waals surface area contributed by atoms with Crippen molar-refractivity contribution in [2.45, 2.75) is 57.4 Å². The molecule has 1 atom stereocenters. The Hall–Kier alpha value is -0.870. The first-order valence-corrected chi connectivity index (χ1v) is 7.23. The molecule has 0 spiro atoms. The molecule has 102 valence electrons. The zero-order valence-electron chi connectivity index (χ0n) is 11.4. The molecule has 0 radical (unpaired) electrons. The van der Waals surface area contributed by atoms with Crippen molar-refractivity contribution in [1.29, 1.82) is 0 Å². The lowest BCUT2D eigenvalue weighted by atomic mass is 9.89. The van der Waals surface area contributed by atoms with Crippen LogP contribution in [0.25, 0.3) is 0 Å². The summed E-state index contributed by atoms with van der Waals surface area (Å²) in [5, 5.41) is 4.21. The van der Waals surface area contributed by atoms with Crippen LogP contribution in [0.2, 0.25) is 0 Å². The number of nitrogens with one attached hydrogen (secondary N) is 1. The van der Waals surface area contributed by atoms with E-state index in [9.17, 15) is 0 Å². The van der Waals surface area contributed by atoms with Gasteiger partial charge in [-0.2, -0.15) is 5.10 Å². The van der Waals surface area contributed by atoms with E-state index in [0.717, 1.165) is 18.8 Å². The first-order chi connectivity index (χ1) is 8.79.